The predicted molar refractivity (Wildman–Crippen MR) is 262 cm³/mol. The first kappa shape index (κ1) is 38.1. The zero-order valence-electron chi connectivity index (χ0n) is 35.6. The van der Waals surface area contributed by atoms with Crippen LogP contribution in [0.25, 0.3) is 44.8 Å². The standard InChI is InChI=1S/C59H50N2/c1-58(2,3)44-29-33-48(34-30-44)61(57-39-43-16-12-13-21-50(43)51-22-14-15-23-54(51)57)47-31-26-41(27-32-47)24-25-42-28-36-52-53-37-35-49(40-56(53)59(4,5)55(52)38-42)60(45-17-8-6-9-18-45)46-19-10-7-11-20-46/h6-40H,1-5H3/b25-24+. The minimum Gasteiger partial charge on any atom is -0.310 e. The van der Waals surface area contributed by atoms with Crippen molar-refractivity contribution in [2.24, 2.45) is 0 Å². The number of anilines is 6. The maximum atomic E-state index is 2.42. The van der Waals surface area contributed by atoms with Crippen LogP contribution in [0, 0.1) is 0 Å². The second kappa shape index (κ2) is 15.1. The molecule has 0 aromatic heterocycles. The molecule has 0 radical (unpaired) electrons. The number of para-hydroxylation sites is 2. The van der Waals surface area contributed by atoms with Crippen LogP contribution >= 0.6 is 0 Å². The Kier molecular flexibility index (Phi) is 9.45. The van der Waals surface area contributed by atoms with Crippen molar-refractivity contribution in [3.05, 3.63) is 228 Å². The molecule has 0 atom stereocenters. The van der Waals surface area contributed by atoms with Crippen molar-refractivity contribution in [3.63, 3.8) is 0 Å². The molecule has 0 spiro atoms. The molecule has 0 amide bonds. The zero-order chi connectivity index (χ0) is 41.7. The molecule has 296 valence electrons. The molecule has 10 rings (SSSR count). The SMILES string of the molecule is CC(C)(C)c1ccc(N(c2ccc(/C=C/c3ccc4c(c3)C(C)(C)c3cc(N(c5ccccc5)c5ccccc5)ccc3-4)cc2)c2cc3ccccc3c3ccccc23)cc1. The van der Waals surface area contributed by atoms with E-state index in [2.05, 4.69) is 257 Å². The molecule has 1 aliphatic rings. The van der Waals surface area contributed by atoms with E-state index < -0.39 is 0 Å². The van der Waals surface area contributed by atoms with Crippen LogP contribution in [0.5, 0.6) is 0 Å². The Labute approximate surface area is 360 Å². The number of hydrogen-bond donors (Lipinski definition) is 0. The number of nitrogens with zero attached hydrogens (tertiary/aromatic N) is 2. The first-order chi connectivity index (χ1) is 29.6. The average Bonchev–Trinajstić information content (AvgIpc) is 3.51. The molecule has 0 fully saturated rings. The first-order valence-electron chi connectivity index (χ1n) is 21.4. The highest BCUT2D eigenvalue weighted by Gasteiger charge is 2.36. The van der Waals surface area contributed by atoms with E-state index in [1.807, 2.05) is 0 Å². The average molecular weight is 787 g/mol. The Balaban J connectivity index is 0.970. The van der Waals surface area contributed by atoms with Gasteiger partial charge < -0.3 is 9.80 Å². The van der Waals surface area contributed by atoms with Crippen LogP contribution < -0.4 is 9.80 Å². The Bertz CT molecular complexity index is 3020. The molecule has 0 N–H and O–H groups in total. The number of benzene rings is 9. The minimum absolute atomic E-state index is 0.0715. The third-order valence-corrected chi connectivity index (χ3v) is 12.6. The molecular formula is C59H50N2. The van der Waals surface area contributed by atoms with Crippen LogP contribution in [0.3, 0.4) is 0 Å². The quantitative estimate of drug-likeness (QED) is 0.112. The fraction of sp³-hybridized carbons (Fsp3) is 0.119. The third kappa shape index (κ3) is 6.98. The molecule has 9 aromatic rings. The molecule has 0 heterocycles. The van der Waals surface area contributed by atoms with E-state index in [0.29, 0.717) is 0 Å². The van der Waals surface area contributed by atoms with Gasteiger partial charge in [0.25, 0.3) is 0 Å². The van der Waals surface area contributed by atoms with Crippen molar-refractivity contribution in [2.45, 2.75) is 45.4 Å². The summed E-state index contributed by atoms with van der Waals surface area (Å²) in [6, 6.07) is 73.2. The summed E-state index contributed by atoms with van der Waals surface area (Å²) in [7, 11) is 0. The maximum absolute atomic E-state index is 2.42. The van der Waals surface area contributed by atoms with Gasteiger partial charge in [0.15, 0.2) is 0 Å². The van der Waals surface area contributed by atoms with Crippen molar-refractivity contribution < 1.29 is 0 Å². The first-order valence-corrected chi connectivity index (χ1v) is 21.4. The summed E-state index contributed by atoms with van der Waals surface area (Å²) in [5.41, 5.74) is 15.8. The van der Waals surface area contributed by atoms with E-state index in [4.69, 9.17) is 0 Å². The fourth-order valence-corrected chi connectivity index (χ4v) is 9.27. The highest BCUT2D eigenvalue weighted by Crippen LogP contribution is 2.51. The monoisotopic (exact) mass is 786 g/mol. The van der Waals surface area contributed by atoms with Gasteiger partial charge in [-0.05, 0) is 127 Å². The molecule has 2 heteroatoms. The summed E-state index contributed by atoms with van der Waals surface area (Å²) >= 11 is 0. The van der Waals surface area contributed by atoms with Crippen LogP contribution in [0.1, 0.15) is 62.4 Å². The summed E-state index contributed by atoms with van der Waals surface area (Å²) in [5.74, 6) is 0. The lowest BCUT2D eigenvalue weighted by Gasteiger charge is -2.28. The molecule has 9 aromatic carbocycles. The minimum atomic E-state index is -0.160. The van der Waals surface area contributed by atoms with Crippen molar-refractivity contribution in [1.29, 1.82) is 0 Å². The van der Waals surface area contributed by atoms with E-state index in [0.717, 1.165) is 34.0 Å². The smallest absolute Gasteiger partial charge is 0.0546 e. The predicted octanol–water partition coefficient (Wildman–Crippen LogP) is 16.7. The second-order valence-corrected chi connectivity index (χ2v) is 17.9. The zero-order valence-corrected chi connectivity index (χ0v) is 35.6. The van der Waals surface area contributed by atoms with E-state index in [9.17, 15) is 0 Å². The number of rotatable bonds is 8. The summed E-state index contributed by atoms with van der Waals surface area (Å²) in [4.78, 5) is 4.77. The highest BCUT2D eigenvalue weighted by molar-refractivity contribution is 6.14. The van der Waals surface area contributed by atoms with Gasteiger partial charge >= 0.3 is 0 Å². The molecule has 2 nitrogen and oxygen atoms in total. The van der Waals surface area contributed by atoms with Crippen LogP contribution in [0.2, 0.25) is 0 Å². The van der Waals surface area contributed by atoms with Crippen molar-refractivity contribution in [3.8, 4) is 11.1 Å². The summed E-state index contributed by atoms with van der Waals surface area (Å²) < 4.78 is 0. The van der Waals surface area contributed by atoms with Crippen LogP contribution in [-0.2, 0) is 10.8 Å². The lowest BCUT2D eigenvalue weighted by Crippen LogP contribution is -2.16. The van der Waals surface area contributed by atoms with Gasteiger partial charge in [-0.25, -0.2) is 0 Å². The lowest BCUT2D eigenvalue weighted by atomic mass is 9.81. The molecule has 61 heavy (non-hydrogen) atoms. The molecule has 0 aliphatic heterocycles. The Morgan fingerprint density at radius 2 is 0.869 bits per heavy atom. The molecule has 1 aliphatic carbocycles. The Hall–Kier alpha value is -7.16. The number of fused-ring (bicyclic) bond motifs is 6. The molecule has 0 saturated heterocycles. The maximum Gasteiger partial charge on any atom is 0.0546 e. The van der Waals surface area contributed by atoms with E-state index in [1.54, 1.807) is 0 Å². The van der Waals surface area contributed by atoms with Crippen molar-refractivity contribution >= 4 is 67.8 Å². The van der Waals surface area contributed by atoms with E-state index >= 15 is 0 Å². The molecule has 0 unspecified atom stereocenters. The number of hydrogen-bond acceptors (Lipinski definition) is 2. The molecule has 0 bridgehead atoms. The Morgan fingerprint density at radius 3 is 1.51 bits per heavy atom. The second-order valence-electron chi connectivity index (χ2n) is 17.9. The molecular weight excluding hydrogens is 737 g/mol. The van der Waals surface area contributed by atoms with Crippen molar-refractivity contribution in [2.75, 3.05) is 9.80 Å². The largest absolute Gasteiger partial charge is 0.310 e. The Morgan fingerprint density at radius 1 is 0.393 bits per heavy atom. The summed E-state index contributed by atoms with van der Waals surface area (Å²) in [6.45, 7) is 11.5. The topological polar surface area (TPSA) is 6.48 Å². The van der Waals surface area contributed by atoms with Crippen LogP contribution in [0.4, 0.5) is 34.1 Å². The van der Waals surface area contributed by atoms with Gasteiger partial charge in [-0.3, -0.25) is 0 Å². The van der Waals surface area contributed by atoms with Gasteiger partial charge in [-0.1, -0.05) is 180 Å². The van der Waals surface area contributed by atoms with E-state index in [-0.39, 0.29) is 10.8 Å². The fourth-order valence-electron chi connectivity index (χ4n) is 9.27. The molecule has 0 saturated carbocycles. The van der Waals surface area contributed by atoms with Crippen LogP contribution in [0.15, 0.2) is 200 Å². The third-order valence-electron chi connectivity index (χ3n) is 12.6. The van der Waals surface area contributed by atoms with Gasteiger partial charge in [-0.15, -0.1) is 0 Å². The summed E-state index contributed by atoms with van der Waals surface area (Å²) in [5, 5.41) is 4.99. The lowest BCUT2D eigenvalue weighted by molar-refractivity contribution is 0.590. The highest BCUT2D eigenvalue weighted by atomic mass is 15.1. The van der Waals surface area contributed by atoms with Gasteiger partial charge in [0, 0.05) is 39.2 Å². The van der Waals surface area contributed by atoms with Gasteiger partial charge in [0.2, 0.25) is 0 Å². The van der Waals surface area contributed by atoms with Gasteiger partial charge in [0.05, 0.1) is 5.69 Å². The normalized spacial score (nSPS) is 13.1. The van der Waals surface area contributed by atoms with Gasteiger partial charge in [0.1, 0.15) is 0 Å². The van der Waals surface area contributed by atoms with E-state index in [1.165, 1.54) is 60.6 Å². The summed E-state index contributed by atoms with van der Waals surface area (Å²) in [6.07, 6.45) is 4.50. The van der Waals surface area contributed by atoms with Crippen LogP contribution in [-0.4, -0.2) is 0 Å². The van der Waals surface area contributed by atoms with Crippen molar-refractivity contribution in [1.82, 2.24) is 0 Å². The van der Waals surface area contributed by atoms with Gasteiger partial charge in [-0.2, -0.15) is 0 Å².